The standard InChI is InChI=1S/C29H31ClF3N3O4S/c1-4-20(2)34-28(38)21(3)35(18-22-10-8-12-24(30)16-22)27(37)19-36(41(39,40)26-14-6-5-7-15-26)25-13-9-11-23(17-25)29(31,32)33/h5-17,20-21H,4,18-19H2,1-3H3,(H,34,38). The third-order valence-electron chi connectivity index (χ3n) is 6.48. The molecule has 0 spiro atoms. The molecule has 3 rings (SSSR count). The molecule has 1 N–H and O–H groups in total. The molecule has 220 valence electrons. The predicted molar refractivity (Wildman–Crippen MR) is 152 cm³/mol. The molecule has 0 saturated heterocycles. The maximum absolute atomic E-state index is 13.9. The summed E-state index contributed by atoms with van der Waals surface area (Å²) < 4.78 is 68.7. The molecule has 12 heteroatoms. The number of alkyl halides is 3. The van der Waals surface area contributed by atoms with E-state index in [0.29, 0.717) is 27.4 Å². The Bertz CT molecular complexity index is 1470. The summed E-state index contributed by atoms with van der Waals surface area (Å²) in [5, 5.41) is 3.20. The van der Waals surface area contributed by atoms with Crippen LogP contribution in [0.2, 0.25) is 5.02 Å². The Labute approximate surface area is 243 Å². The molecular weight excluding hydrogens is 579 g/mol. The molecule has 0 aliphatic heterocycles. The second-order valence-electron chi connectivity index (χ2n) is 9.52. The summed E-state index contributed by atoms with van der Waals surface area (Å²) >= 11 is 6.12. The number of hydrogen-bond donors (Lipinski definition) is 1. The monoisotopic (exact) mass is 609 g/mol. The van der Waals surface area contributed by atoms with E-state index >= 15 is 0 Å². The Balaban J connectivity index is 2.08. The Hall–Kier alpha value is -3.57. The highest BCUT2D eigenvalue weighted by Crippen LogP contribution is 2.33. The van der Waals surface area contributed by atoms with Gasteiger partial charge in [0.05, 0.1) is 16.1 Å². The van der Waals surface area contributed by atoms with Crippen LogP contribution >= 0.6 is 11.6 Å². The van der Waals surface area contributed by atoms with Crippen molar-refractivity contribution < 1.29 is 31.2 Å². The normalized spacial score (nSPS) is 13.2. The molecule has 3 aromatic carbocycles. The van der Waals surface area contributed by atoms with Gasteiger partial charge < -0.3 is 10.2 Å². The number of nitrogens with zero attached hydrogens (tertiary/aromatic N) is 2. The molecule has 0 aliphatic rings. The van der Waals surface area contributed by atoms with Crippen LogP contribution in [0.3, 0.4) is 0 Å². The second kappa shape index (κ2) is 13.4. The number of sulfonamides is 1. The average Bonchev–Trinajstić information content (AvgIpc) is 2.94. The SMILES string of the molecule is CCC(C)NC(=O)C(C)N(Cc1cccc(Cl)c1)C(=O)CN(c1cccc(C(F)(F)F)c1)S(=O)(=O)c1ccccc1. The van der Waals surface area contributed by atoms with Crippen LogP contribution in [0.25, 0.3) is 0 Å². The van der Waals surface area contributed by atoms with Gasteiger partial charge in [-0.3, -0.25) is 13.9 Å². The number of carbonyl (C=O) groups is 2. The first kappa shape index (κ1) is 32.0. The molecule has 0 aromatic heterocycles. The molecule has 41 heavy (non-hydrogen) atoms. The van der Waals surface area contributed by atoms with E-state index in [-0.39, 0.29) is 23.2 Å². The molecule has 0 saturated carbocycles. The van der Waals surface area contributed by atoms with Gasteiger partial charge in [-0.2, -0.15) is 13.2 Å². The summed E-state index contributed by atoms with van der Waals surface area (Å²) in [5.41, 5.74) is -0.852. The zero-order chi connectivity index (χ0) is 30.4. The van der Waals surface area contributed by atoms with Crippen LogP contribution in [0, 0.1) is 0 Å². The van der Waals surface area contributed by atoms with Crippen LogP contribution in [0.4, 0.5) is 18.9 Å². The summed E-state index contributed by atoms with van der Waals surface area (Å²) in [6.07, 6.45) is -4.11. The van der Waals surface area contributed by atoms with Gasteiger partial charge in [-0.1, -0.05) is 54.9 Å². The third-order valence-corrected chi connectivity index (χ3v) is 8.50. The van der Waals surface area contributed by atoms with E-state index in [1.54, 1.807) is 37.3 Å². The zero-order valence-corrected chi connectivity index (χ0v) is 24.3. The third kappa shape index (κ3) is 8.23. The summed E-state index contributed by atoms with van der Waals surface area (Å²) in [7, 11) is -4.50. The molecule has 3 aromatic rings. The summed E-state index contributed by atoms with van der Waals surface area (Å²) in [4.78, 5) is 27.9. The zero-order valence-electron chi connectivity index (χ0n) is 22.7. The highest BCUT2D eigenvalue weighted by atomic mass is 35.5. The first-order valence-electron chi connectivity index (χ1n) is 12.8. The Kier molecular flexibility index (Phi) is 10.4. The van der Waals surface area contributed by atoms with Crippen LogP contribution in [-0.2, 0) is 32.3 Å². The van der Waals surface area contributed by atoms with E-state index in [1.165, 1.54) is 42.2 Å². The van der Waals surface area contributed by atoms with Crippen molar-refractivity contribution in [1.82, 2.24) is 10.2 Å². The van der Waals surface area contributed by atoms with E-state index in [9.17, 15) is 31.2 Å². The number of hydrogen-bond acceptors (Lipinski definition) is 4. The van der Waals surface area contributed by atoms with E-state index in [0.717, 1.165) is 12.1 Å². The number of benzene rings is 3. The summed E-state index contributed by atoms with van der Waals surface area (Å²) in [6, 6.07) is 16.2. The topological polar surface area (TPSA) is 86.8 Å². The maximum atomic E-state index is 13.9. The molecule has 7 nitrogen and oxygen atoms in total. The molecule has 2 amide bonds. The van der Waals surface area contributed by atoms with Gasteiger partial charge in [0.25, 0.3) is 10.0 Å². The minimum Gasteiger partial charge on any atom is -0.352 e. The molecule has 0 aliphatic carbocycles. The number of anilines is 1. The Morgan fingerprint density at radius 2 is 1.61 bits per heavy atom. The molecule has 2 atom stereocenters. The summed E-state index contributed by atoms with van der Waals surface area (Å²) in [5.74, 6) is -1.26. The van der Waals surface area contributed by atoms with Gasteiger partial charge in [0.1, 0.15) is 12.6 Å². The number of rotatable bonds is 11. The molecule has 0 fully saturated rings. The maximum Gasteiger partial charge on any atom is 0.416 e. The number of nitrogens with one attached hydrogen (secondary N) is 1. The van der Waals surface area contributed by atoms with Crippen LogP contribution in [0.15, 0.2) is 83.8 Å². The van der Waals surface area contributed by atoms with E-state index in [2.05, 4.69) is 5.32 Å². The highest BCUT2D eigenvalue weighted by molar-refractivity contribution is 7.92. The van der Waals surface area contributed by atoms with Crippen molar-refractivity contribution in [3.05, 3.63) is 95.0 Å². The number of amides is 2. The fourth-order valence-electron chi connectivity index (χ4n) is 3.97. The predicted octanol–water partition coefficient (Wildman–Crippen LogP) is 5.89. The molecule has 0 heterocycles. The number of carbonyl (C=O) groups excluding carboxylic acids is 2. The fourth-order valence-corrected chi connectivity index (χ4v) is 5.61. The van der Waals surface area contributed by atoms with Crippen LogP contribution in [0.1, 0.15) is 38.3 Å². The van der Waals surface area contributed by atoms with Gasteiger partial charge in [-0.25, -0.2) is 8.42 Å². The molecule has 0 radical (unpaired) electrons. The lowest BCUT2D eigenvalue weighted by Crippen LogP contribution is -2.52. The van der Waals surface area contributed by atoms with Gasteiger partial charge in [0.15, 0.2) is 0 Å². The largest absolute Gasteiger partial charge is 0.416 e. The Morgan fingerprint density at radius 3 is 2.22 bits per heavy atom. The first-order valence-corrected chi connectivity index (χ1v) is 14.6. The van der Waals surface area contributed by atoms with E-state index in [1.807, 2.05) is 6.92 Å². The van der Waals surface area contributed by atoms with Crippen molar-refractivity contribution in [2.24, 2.45) is 0 Å². The van der Waals surface area contributed by atoms with Gasteiger partial charge >= 0.3 is 6.18 Å². The quantitative estimate of drug-likeness (QED) is 0.294. The minimum atomic E-state index is -4.75. The van der Waals surface area contributed by atoms with Crippen molar-refractivity contribution in [3.63, 3.8) is 0 Å². The minimum absolute atomic E-state index is 0.101. The van der Waals surface area contributed by atoms with E-state index < -0.39 is 46.2 Å². The molecule has 0 bridgehead atoms. The lowest BCUT2D eigenvalue weighted by atomic mass is 10.1. The molecule has 2 unspecified atom stereocenters. The van der Waals surface area contributed by atoms with Crippen molar-refractivity contribution in [1.29, 1.82) is 0 Å². The second-order valence-corrected chi connectivity index (χ2v) is 11.8. The van der Waals surface area contributed by atoms with Gasteiger partial charge in [0, 0.05) is 17.6 Å². The van der Waals surface area contributed by atoms with Gasteiger partial charge in [-0.05, 0) is 68.3 Å². The van der Waals surface area contributed by atoms with Gasteiger partial charge in [-0.15, -0.1) is 0 Å². The lowest BCUT2D eigenvalue weighted by Gasteiger charge is -2.32. The smallest absolute Gasteiger partial charge is 0.352 e. The average molecular weight is 610 g/mol. The van der Waals surface area contributed by atoms with E-state index in [4.69, 9.17) is 11.6 Å². The van der Waals surface area contributed by atoms with Crippen molar-refractivity contribution in [2.75, 3.05) is 10.8 Å². The number of halogens is 4. The summed E-state index contributed by atoms with van der Waals surface area (Å²) in [6.45, 7) is 4.22. The van der Waals surface area contributed by atoms with Crippen LogP contribution < -0.4 is 9.62 Å². The highest BCUT2D eigenvalue weighted by Gasteiger charge is 2.35. The van der Waals surface area contributed by atoms with Crippen molar-refractivity contribution >= 4 is 39.1 Å². The van der Waals surface area contributed by atoms with Crippen molar-refractivity contribution in [3.8, 4) is 0 Å². The Morgan fingerprint density at radius 1 is 0.951 bits per heavy atom. The van der Waals surface area contributed by atoms with Gasteiger partial charge in [0.2, 0.25) is 11.8 Å². The first-order chi connectivity index (χ1) is 19.2. The molecular formula is C29H31ClF3N3O4S. The van der Waals surface area contributed by atoms with Crippen LogP contribution in [-0.4, -0.2) is 43.8 Å². The van der Waals surface area contributed by atoms with Crippen LogP contribution in [0.5, 0.6) is 0 Å². The lowest BCUT2D eigenvalue weighted by molar-refractivity contribution is -0.139. The fraction of sp³-hybridized carbons (Fsp3) is 0.310. The van der Waals surface area contributed by atoms with Crippen molar-refractivity contribution in [2.45, 2.75) is 56.9 Å².